The molecule has 0 unspecified atom stereocenters. The monoisotopic (exact) mass is 1230 g/mol. The van der Waals surface area contributed by atoms with Gasteiger partial charge in [-0.1, -0.05) is 24.3 Å². The van der Waals surface area contributed by atoms with Crippen LogP contribution in [0.15, 0.2) is 94.7 Å². The predicted molar refractivity (Wildman–Crippen MR) is 339 cm³/mol. The number of rotatable bonds is 32. The summed E-state index contributed by atoms with van der Waals surface area (Å²) < 4.78 is 76.1. The molecule has 0 aliphatic carbocycles. The molecule has 86 heavy (non-hydrogen) atoms. The average molecular weight is 1230 g/mol. The van der Waals surface area contributed by atoms with Crippen molar-refractivity contribution in [1.82, 2.24) is 40.5 Å². The first-order valence-corrected chi connectivity index (χ1v) is 31.0. The molecule has 6 aromatic rings. The SMILES string of the molecule is C[N+](C)(C)CCCNC(=O)c1ccc(Nc2nc(NCCC[N+](C)(C)C)nc(Nc3ccc(/C=C/c4ccc(Nc5nc(NCCC[N+](C)(C)C)nc(Nc6ccc(C(=O)NCCC[N+](C)(C)C)cc6)n5)cc4S(=O)(=O)O)c(S(=O)(=O)O)c3)n2)cc1. The lowest BCUT2D eigenvalue weighted by Gasteiger charge is -2.23. The van der Waals surface area contributed by atoms with E-state index in [-0.39, 0.29) is 70.0 Å². The molecule has 4 aromatic carbocycles. The molecule has 0 fully saturated rings. The van der Waals surface area contributed by atoms with Gasteiger partial charge in [0.25, 0.3) is 32.1 Å². The standard InChI is InChI=1S/C58H82N18O8S2/c1-73(2,3)35-13-31-59-51(77)43-21-25-45(26-22-43)63-55-67-53(61-33-15-37-75(7,8)9)69-57(71-55)65-47-29-19-41(49(39-47)85(79,80)81)17-18-42-20-30-48(40-50(42)86(82,83)84)66-58-70-54(62-34-16-38-76(10,11)12)68-56(72-58)64-46-27-23-44(24-28-46)52(78)60-32-14-36-74(4,5)6/h17-30,39-40H,13-16,31-38H2,1-12H3,(H6-4,59,60,61,62,63,64,65,66,67,68,69,70,71,72,77,78,79,80,81,82,83,84)/p+4/b18-17+. The van der Waals surface area contributed by atoms with Gasteiger partial charge in [-0.05, 0) is 83.9 Å². The van der Waals surface area contributed by atoms with Crippen LogP contribution in [0.3, 0.4) is 0 Å². The Morgan fingerprint density at radius 1 is 0.395 bits per heavy atom. The molecule has 0 saturated heterocycles. The normalized spacial score (nSPS) is 12.4. The van der Waals surface area contributed by atoms with Crippen LogP contribution in [-0.2, 0) is 20.2 Å². The summed E-state index contributed by atoms with van der Waals surface area (Å²) in [6.45, 7) is 5.68. The lowest BCUT2D eigenvalue weighted by atomic mass is 10.1. The van der Waals surface area contributed by atoms with E-state index in [9.17, 15) is 35.5 Å². The van der Waals surface area contributed by atoms with Crippen molar-refractivity contribution in [2.24, 2.45) is 0 Å². The number of anilines is 10. The van der Waals surface area contributed by atoms with Crippen molar-refractivity contribution in [3.05, 3.63) is 107 Å². The third kappa shape index (κ3) is 23.5. The van der Waals surface area contributed by atoms with E-state index in [4.69, 9.17) is 0 Å². The summed E-state index contributed by atoms with van der Waals surface area (Å²) in [6.07, 6.45) is 5.79. The second-order valence-corrected chi connectivity index (χ2v) is 27.7. The van der Waals surface area contributed by atoms with Crippen molar-refractivity contribution >= 4 is 103 Å². The highest BCUT2D eigenvalue weighted by molar-refractivity contribution is 7.86. The van der Waals surface area contributed by atoms with E-state index < -0.39 is 30.0 Å². The lowest BCUT2D eigenvalue weighted by molar-refractivity contribution is -0.870. The van der Waals surface area contributed by atoms with Gasteiger partial charge >= 0.3 is 0 Å². The highest BCUT2D eigenvalue weighted by Crippen LogP contribution is 2.29. The van der Waals surface area contributed by atoms with Gasteiger partial charge in [-0.2, -0.15) is 46.7 Å². The number of carbonyl (C=O) groups excluding carboxylic acids is 2. The van der Waals surface area contributed by atoms with Gasteiger partial charge in [-0.3, -0.25) is 18.7 Å². The van der Waals surface area contributed by atoms with Gasteiger partial charge in [0.05, 0.1) is 111 Å². The second-order valence-electron chi connectivity index (χ2n) is 24.9. The van der Waals surface area contributed by atoms with Crippen LogP contribution in [0.5, 0.6) is 0 Å². The van der Waals surface area contributed by atoms with Crippen LogP contribution in [0.2, 0.25) is 0 Å². The zero-order valence-corrected chi connectivity index (χ0v) is 53.0. The first-order valence-electron chi connectivity index (χ1n) is 28.1. The molecular formula is C58H86N18O8S2+4. The maximum atomic E-state index is 13.0. The molecule has 2 heterocycles. The van der Waals surface area contributed by atoms with E-state index in [1.54, 1.807) is 48.5 Å². The van der Waals surface area contributed by atoms with Gasteiger partial charge in [0, 0.05) is 85.7 Å². The summed E-state index contributed by atoms with van der Waals surface area (Å²) in [7, 11) is 15.3. The molecule has 0 radical (unpaired) electrons. The topological polar surface area (TPSA) is 316 Å². The Bertz CT molecular complexity index is 3310. The van der Waals surface area contributed by atoms with Crippen molar-refractivity contribution < 1.29 is 53.5 Å². The highest BCUT2D eigenvalue weighted by Gasteiger charge is 2.21. The van der Waals surface area contributed by atoms with Crippen LogP contribution in [-0.4, -0.2) is 223 Å². The van der Waals surface area contributed by atoms with E-state index in [0.717, 1.165) is 81.9 Å². The summed E-state index contributed by atoms with van der Waals surface area (Å²) in [5.41, 5.74) is 2.36. The minimum Gasteiger partial charge on any atom is -0.354 e. The zero-order chi connectivity index (χ0) is 63.1. The highest BCUT2D eigenvalue weighted by atomic mass is 32.2. The van der Waals surface area contributed by atoms with Gasteiger partial charge in [0.2, 0.25) is 35.7 Å². The Hall–Kier alpha value is -7.96. The number of carbonyl (C=O) groups is 2. The van der Waals surface area contributed by atoms with Crippen molar-refractivity contribution in [2.45, 2.75) is 35.5 Å². The molecule has 2 aromatic heterocycles. The summed E-state index contributed by atoms with van der Waals surface area (Å²) in [6, 6.07) is 21.7. The molecule has 0 bridgehead atoms. The number of amides is 2. The predicted octanol–water partition coefficient (Wildman–Crippen LogP) is 6.36. The molecule has 26 nitrogen and oxygen atoms in total. The van der Waals surface area contributed by atoms with Crippen LogP contribution >= 0.6 is 0 Å². The van der Waals surface area contributed by atoms with Crippen LogP contribution in [0.4, 0.5) is 58.4 Å². The largest absolute Gasteiger partial charge is 0.354 e. The fourth-order valence-corrected chi connectivity index (χ4v) is 9.83. The summed E-state index contributed by atoms with van der Waals surface area (Å²) in [5.74, 6) is 0.307. The number of hydrogen-bond acceptors (Lipinski definition) is 18. The van der Waals surface area contributed by atoms with Crippen LogP contribution in [0.25, 0.3) is 12.2 Å². The number of nitrogens with zero attached hydrogens (tertiary/aromatic N) is 10. The number of aromatic nitrogens is 6. The second kappa shape index (κ2) is 29.0. The van der Waals surface area contributed by atoms with Crippen LogP contribution in [0.1, 0.15) is 57.5 Å². The molecule has 10 N–H and O–H groups in total. The van der Waals surface area contributed by atoms with Gasteiger partial charge < -0.3 is 60.5 Å². The Balaban J connectivity index is 1.22. The Kier molecular flexibility index (Phi) is 22.6. The fourth-order valence-electron chi connectivity index (χ4n) is 8.41. The van der Waals surface area contributed by atoms with E-state index in [1.807, 2.05) is 0 Å². The van der Waals surface area contributed by atoms with Crippen LogP contribution < -0.4 is 42.5 Å². The number of nitrogens with one attached hydrogen (secondary N) is 8. The quantitative estimate of drug-likeness (QED) is 0.00950. The van der Waals surface area contributed by atoms with Gasteiger partial charge in [0.1, 0.15) is 9.79 Å². The molecule has 0 spiro atoms. The van der Waals surface area contributed by atoms with Gasteiger partial charge in [0.15, 0.2) is 0 Å². The molecule has 0 aliphatic heterocycles. The molecule has 2 amide bonds. The van der Waals surface area contributed by atoms with E-state index in [1.165, 1.54) is 36.4 Å². The third-order valence-corrected chi connectivity index (χ3v) is 14.6. The maximum absolute atomic E-state index is 13.0. The lowest BCUT2D eigenvalue weighted by Crippen LogP contribution is -2.37. The molecule has 0 saturated carbocycles. The molecule has 0 aliphatic rings. The summed E-state index contributed by atoms with van der Waals surface area (Å²) in [4.78, 5) is 51.9. The Morgan fingerprint density at radius 3 is 0.953 bits per heavy atom. The Labute approximate surface area is 505 Å². The average Bonchev–Trinajstić information content (AvgIpc) is 3.15. The first-order chi connectivity index (χ1) is 40.1. The van der Waals surface area contributed by atoms with Gasteiger partial charge in [-0.15, -0.1) is 0 Å². The molecular weight excluding hydrogens is 1140 g/mol. The maximum Gasteiger partial charge on any atom is 0.295 e. The Morgan fingerprint density at radius 2 is 0.663 bits per heavy atom. The van der Waals surface area contributed by atoms with Gasteiger partial charge in [-0.25, -0.2) is 0 Å². The third-order valence-electron chi connectivity index (χ3n) is 12.8. The molecule has 464 valence electrons. The summed E-state index contributed by atoms with van der Waals surface area (Å²) in [5, 5.41) is 24.7. The number of benzene rings is 4. The minimum atomic E-state index is -4.92. The molecule has 0 atom stereocenters. The first kappa shape index (κ1) is 67.2. The zero-order valence-electron chi connectivity index (χ0n) is 51.4. The van der Waals surface area contributed by atoms with Crippen LogP contribution in [0, 0.1) is 0 Å². The van der Waals surface area contributed by atoms with E-state index in [2.05, 4.69) is 157 Å². The van der Waals surface area contributed by atoms with Crippen molar-refractivity contribution in [3.63, 3.8) is 0 Å². The van der Waals surface area contributed by atoms with E-state index >= 15 is 0 Å². The molecule has 6 rings (SSSR count). The van der Waals surface area contributed by atoms with Crippen molar-refractivity contribution in [2.75, 3.05) is 169 Å². The fraction of sp³-hybridized carbons (Fsp3) is 0.414. The van der Waals surface area contributed by atoms with Crippen molar-refractivity contribution in [1.29, 1.82) is 0 Å². The summed E-state index contributed by atoms with van der Waals surface area (Å²) >= 11 is 0. The number of quaternary nitrogens is 4. The minimum absolute atomic E-state index is 0.0133. The van der Waals surface area contributed by atoms with Crippen molar-refractivity contribution in [3.8, 4) is 0 Å². The molecule has 28 heteroatoms. The number of hydrogen-bond donors (Lipinski definition) is 10. The smallest absolute Gasteiger partial charge is 0.295 e. The van der Waals surface area contributed by atoms with E-state index in [0.29, 0.717) is 48.7 Å².